The first kappa shape index (κ1) is 15.5. The number of nitrogens with zero attached hydrogens (tertiary/aromatic N) is 2. The third-order valence-corrected chi connectivity index (χ3v) is 3.32. The van der Waals surface area contributed by atoms with Gasteiger partial charge in [-0.2, -0.15) is 0 Å². The van der Waals surface area contributed by atoms with E-state index >= 15 is 0 Å². The van der Waals surface area contributed by atoms with E-state index in [2.05, 4.69) is 0 Å². The summed E-state index contributed by atoms with van der Waals surface area (Å²) in [4.78, 5) is 37.7. The molecule has 0 spiro atoms. The molecule has 1 rings (SSSR count). The molecule has 108 valence electrons. The third-order valence-electron chi connectivity index (χ3n) is 3.32. The number of piperidine rings is 1. The lowest BCUT2D eigenvalue weighted by atomic mass is 10.00. The maximum absolute atomic E-state index is 12.2. The second-order valence-corrected chi connectivity index (χ2v) is 4.94. The Bertz CT molecular complexity index is 357. The van der Waals surface area contributed by atoms with E-state index in [-0.39, 0.29) is 18.4 Å². The van der Waals surface area contributed by atoms with Gasteiger partial charge in [0.05, 0.1) is 0 Å². The number of hydrogen-bond acceptors (Lipinski definition) is 3. The molecule has 0 aromatic carbocycles. The molecule has 1 unspecified atom stereocenters. The minimum atomic E-state index is -1.04. The van der Waals surface area contributed by atoms with Gasteiger partial charge in [-0.25, -0.2) is 0 Å². The number of likely N-dealkylation sites (N-methyl/N-ethyl adjacent to an activating group) is 1. The Labute approximate surface area is 113 Å². The van der Waals surface area contributed by atoms with Crippen molar-refractivity contribution in [2.24, 2.45) is 0 Å². The van der Waals surface area contributed by atoms with Gasteiger partial charge in [-0.15, -0.1) is 0 Å². The highest BCUT2D eigenvalue weighted by Gasteiger charge is 2.33. The first-order valence-electron chi connectivity index (χ1n) is 6.73. The number of carboxylic acids is 1. The Hall–Kier alpha value is -1.59. The van der Waals surface area contributed by atoms with Crippen LogP contribution < -0.4 is 0 Å². The fourth-order valence-electron chi connectivity index (χ4n) is 2.38. The third kappa shape index (κ3) is 4.22. The van der Waals surface area contributed by atoms with Gasteiger partial charge in [-0.3, -0.25) is 14.4 Å². The molecule has 0 bridgehead atoms. The summed E-state index contributed by atoms with van der Waals surface area (Å²) in [5.74, 6) is -1.33. The zero-order chi connectivity index (χ0) is 14.4. The smallest absolute Gasteiger partial charge is 0.323 e. The molecular weight excluding hydrogens is 248 g/mol. The van der Waals surface area contributed by atoms with Gasteiger partial charge in [-0.1, -0.05) is 6.92 Å². The summed E-state index contributed by atoms with van der Waals surface area (Å²) in [6, 6.07) is -0.489. The molecule has 6 nitrogen and oxygen atoms in total. The molecule has 1 fully saturated rings. The standard InChI is InChI=1S/C13H22N2O4/c1-3-6-11(16)15-8-5-4-7-10(15)13(19)14(2)9-12(17)18/h10H,3-9H2,1-2H3,(H,17,18). The van der Waals surface area contributed by atoms with Gasteiger partial charge < -0.3 is 14.9 Å². The number of rotatable bonds is 5. The van der Waals surface area contributed by atoms with Gasteiger partial charge >= 0.3 is 5.97 Å². The van der Waals surface area contributed by atoms with Gasteiger partial charge in [0.1, 0.15) is 12.6 Å². The lowest BCUT2D eigenvalue weighted by Gasteiger charge is -2.36. The molecule has 0 aliphatic carbocycles. The van der Waals surface area contributed by atoms with E-state index in [4.69, 9.17) is 5.11 Å². The van der Waals surface area contributed by atoms with Crippen LogP contribution in [0.4, 0.5) is 0 Å². The molecule has 0 radical (unpaired) electrons. The van der Waals surface area contributed by atoms with Crippen molar-refractivity contribution in [3.05, 3.63) is 0 Å². The quantitative estimate of drug-likeness (QED) is 0.798. The van der Waals surface area contributed by atoms with Gasteiger partial charge in [-0.05, 0) is 25.7 Å². The van der Waals surface area contributed by atoms with Crippen LogP contribution >= 0.6 is 0 Å². The number of carbonyl (C=O) groups is 3. The minimum Gasteiger partial charge on any atom is -0.480 e. The largest absolute Gasteiger partial charge is 0.480 e. The predicted octanol–water partition coefficient (Wildman–Crippen LogP) is 0.711. The zero-order valence-corrected chi connectivity index (χ0v) is 11.6. The summed E-state index contributed by atoms with van der Waals surface area (Å²) in [6.07, 6.45) is 3.61. The number of hydrogen-bond donors (Lipinski definition) is 1. The van der Waals surface area contributed by atoms with Crippen LogP contribution in [0, 0.1) is 0 Å². The van der Waals surface area contributed by atoms with Crippen LogP contribution in [-0.4, -0.2) is 58.9 Å². The van der Waals surface area contributed by atoms with E-state index in [9.17, 15) is 14.4 Å². The van der Waals surface area contributed by atoms with Gasteiger partial charge in [0.15, 0.2) is 0 Å². The number of aliphatic carboxylic acids is 1. The van der Waals surface area contributed by atoms with Crippen molar-refractivity contribution < 1.29 is 19.5 Å². The minimum absolute atomic E-state index is 0.00993. The number of carboxylic acid groups (broad SMARTS) is 1. The molecular formula is C13H22N2O4. The average molecular weight is 270 g/mol. The van der Waals surface area contributed by atoms with Crippen molar-refractivity contribution in [3.63, 3.8) is 0 Å². The molecule has 6 heteroatoms. The van der Waals surface area contributed by atoms with E-state index in [1.165, 1.54) is 11.9 Å². The molecule has 2 amide bonds. The first-order valence-corrected chi connectivity index (χ1v) is 6.73. The fraction of sp³-hybridized carbons (Fsp3) is 0.769. The second kappa shape index (κ2) is 7.11. The number of carbonyl (C=O) groups excluding carboxylic acids is 2. The number of amides is 2. The summed E-state index contributed by atoms with van der Waals surface area (Å²) in [6.45, 7) is 2.19. The molecule has 1 heterocycles. The molecule has 1 N–H and O–H groups in total. The summed E-state index contributed by atoms with van der Waals surface area (Å²) < 4.78 is 0. The second-order valence-electron chi connectivity index (χ2n) is 4.94. The fourth-order valence-corrected chi connectivity index (χ4v) is 2.38. The highest BCUT2D eigenvalue weighted by Crippen LogP contribution is 2.20. The summed E-state index contributed by atoms with van der Waals surface area (Å²) in [7, 11) is 1.47. The molecule has 1 atom stereocenters. The van der Waals surface area contributed by atoms with Crippen molar-refractivity contribution in [1.82, 2.24) is 9.80 Å². The summed E-state index contributed by atoms with van der Waals surface area (Å²) in [5.41, 5.74) is 0. The van der Waals surface area contributed by atoms with E-state index < -0.39 is 12.0 Å². The maximum Gasteiger partial charge on any atom is 0.323 e. The lowest BCUT2D eigenvalue weighted by molar-refractivity contribution is -0.150. The first-order chi connectivity index (χ1) is 8.97. The highest BCUT2D eigenvalue weighted by atomic mass is 16.4. The van der Waals surface area contributed by atoms with Crippen LogP contribution in [0.1, 0.15) is 39.0 Å². The Morgan fingerprint density at radius 3 is 2.58 bits per heavy atom. The molecule has 0 saturated carbocycles. The van der Waals surface area contributed by atoms with E-state index in [0.717, 1.165) is 19.3 Å². The van der Waals surface area contributed by atoms with E-state index in [1.807, 2.05) is 6.92 Å². The van der Waals surface area contributed by atoms with Crippen LogP contribution in [0.25, 0.3) is 0 Å². The maximum atomic E-state index is 12.2. The van der Waals surface area contributed by atoms with E-state index in [0.29, 0.717) is 19.4 Å². The molecule has 1 saturated heterocycles. The number of likely N-dealkylation sites (tertiary alicyclic amines) is 1. The van der Waals surface area contributed by atoms with Crippen molar-refractivity contribution in [3.8, 4) is 0 Å². The Balaban J connectivity index is 2.73. The van der Waals surface area contributed by atoms with Crippen LogP contribution in [-0.2, 0) is 14.4 Å². The van der Waals surface area contributed by atoms with Gasteiger partial charge in [0.25, 0.3) is 0 Å². The molecule has 1 aliphatic rings. The Morgan fingerprint density at radius 2 is 2.00 bits per heavy atom. The van der Waals surface area contributed by atoms with Crippen LogP contribution in [0.3, 0.4) is 0 Å². The van der Waals surface area contributed by atoms with Crippen molar-refractivity contribution >= 4 is 17.8 Å². The van der Waals surface area contributed by atoms with Crippen molar-refractivity contribution in [2.45, 2.75) is 45.1 Å². The Morgan fingerprint density at radius 1 is 1.32 bits per heavy atom. The molecule has 1 aliphatic heterocycles. The Kier molecular flexibility index (Phi) is 5.79. The van der Waals surface area contributed by atoms with Crippen LogP contribution in [0.5, 0.6) is 0 Å². The molecule has 0 aromatic rings. The lowest BCUT2D eigenvalue weighted by Crippen LogP contribution is -2.52. The van der Waals surface area contributed by atoms with Crippen molar-refractivity contribution in [1.29, 1.82) is 0 Å². The van der Waals surface area contributed by atoms with Gasteiger partial charge in [0.2, 0.25) is 11.8 Å². The average Bonchev–Trinajstić information content (AvgIpc) is 2.37. The van der Waals surface area contributed by atoms with Crippen LogP contribution in [0.2, 0.25) is 0 Å². The zero-order valence-electron chi connectivity index (χ0n) is 11.6. The SMILES string of the molecule is CCCC(=O)N1CCCCC1C(=O)N(C)CC(=O)O. The normalized spacial score (nSPS) is 19.1. The van der Waals surface area contributed by atoms with Gasteiger partial charge in [0, 0.05) is 20.0 Å². The molecule has 0 aromatic heterocycles. The summed E-state index contributed by atoms with van der Waals surface area (Å²) in [5, 5.41) is 8.72. The topological polar surface area (TPSA) is 77.9 Å². The predicted molar refractivity (Wildman–Crippen MR) is 69.5 cm³/mol. The molecule has 19 heavy (non-hydrogen) atoms. The monoisotopic (exact) mass is 270 g/mol. The van der Waals surface area contributed by atoms with E-state index in [1.54, 1.807) is 4.90 Å². The highest BCUT2D eigenvalue weighted by molar-refractivity contribution is 5.89. The van der Waals surface area contributed by atoms with Crippen molar-refractivity contribution in [2.75, 3.05) is 20.1 Å². The van der Waals surface area contributed by atoms with Crippen LogP contribution in [0.15, 0.2) is 0 Å². The summed E-state index contributed by atoms with van der Waals surface area (Å²) >= 11 is 0.